The zero-order valence-electron chi connectivity index (χ0n) is 14.9. The van der Waals surface area contributed by atoms with Gasteiger partial charge < -0.3 is 4.90 Å². The molecule has 0 bridgehead atoms. The van der Waals surface area contributed by atoms with Crippen LogP contribution in [-0.4, -0.2) is 29.7 Å². The third kappa shape index (κ3) is 3.88. The summed E-state index contributed by atoms with van der Waals surface area (Å²) < 4.78 is 14.0. The summed E-state index contributed by atoms with van der Waals surface area (Å²) in [6.07, 6.45) is 1.26. The van der Waals surface area contributed by atoms with Crippen molar-refractivity contribution < 1.29 is 14.0 Å². The van der Waals surface area contributed by atoms with Crippen LogP contribution in [0, 0.1) is 25.6 Å². The lowest BCUT2D eigenvalue weighted by Crippen LogP contribution is -2.40. The van der Waals surface area contributed by atoms with Gasteiger partial charge in [-0.2, -0.15) is 0 Å². The Labute approximate surface area is 161 Å². The summed E-state index contributed by atoms with van der Waals surface area (Å²) in [5, 5.41) is 0. The molecule has 0 aliphatic carbocycles. The van der Waals surface area contributed by atoms with Crippen LogP contribution in [0.5, 0.6) is 0 Å². The van der Waals surface area contributed by atoms with Crippen molar-refractivity contribution in [1.82, 2.24) is 4.90 Å². The monoisotopic (exact) mass is 417 g/mol. The number of Topliss-reactive ketones (excluding diaryl/α,β-unsaturated/α-hetero) is 1. The summed E-state index contributed by atoms with van der Waals surface area (Å²) in [7, 11) is 0. The number of aryl methyl sites for hydroxylation is 2. The van der Waals surface area contributed by atoms with Gasteiger partial charge >= 0.3 is 0 Å². The highest BCUT2D eigenvalue weighted by Gasteiger charge is 2.29. The normalized spacial score (nSPS) is 15.2. The van der Waals surface area contributed by atoms with Crippen LogP contribution >= 0.6 is 15.9 Å². The zero-order valence-corrected chi connectivity index (χ0v) is 16.5. The van der Waals surface area contributed by atoms with Gasteiger partial charge in [0.15, 0.2) is 5.78 Å². The Morgan fingerprint density at radius 1 is 1.04 bits per heavy atom. The number of likely N-dealkylation sites (tertiary alicyclic amines) is 1. The number of halogens is 2. The Hall–Kier alpha value is -2.01. The SMILES string of the molecule is Cc1ccc(C(=O)C2CCN(C(=O)c3cc(F)ccc3Br)CC2)c(C)c1. The predicted octanol–water partition coefficient (Wildman–Crippen LogP) is 4.94. The number of carbonyl (C=O) groups is 2. The first-order valence-electron chi connectivity index (χ1n) is 8.72. The first-order valence-corrected chi connectivity index (χ1v) is 9.52. The number of amides is 1. The fourth-order valence-electron chi connectivity index (χ4n) is 3.49. The van der Waals surface area contributed by atoms with E-state index in [1.165, 1.54) is 12.1 Å². The van der Waals surface area contributed by atoms with Gasteiger partial charge in [0.2, 0.25) is 0 Å². The lowest BCUT2D eigenvalue weighted by Gasteiger charge is -2.32. The quantitative estimate of drug-likeness (QED) is 0.663. The van der Waals surface area contributed by atoms with Gasteiger partial charge in [-0.15, -0.1) is 0 Å². The van der Waals surface area contributed by atoms with Crippen molar-refractivity contribution in [3.05, 3.63) is 68.9 Å². The maximum Gasteiger partial charge on any atom is 0.255 e. The Morgan fingerprint density at radius 2 is 1.73 bits per heavy atom. The molecule has 1 saturated heterocycles. The van der Waals surface area contributed by atoms with Crippen molar-refractivity contribution in [2.45, 2.75) is 26.7 Å². The number of ketones is 1. The number of hydrogen-bond donors (Lipinski definition) is 0. The van der Waals surface area contributed by atoms with E-state index in [4.69, 9.17) is 0 Å². The Bertz CT molecular complexity index is 857. The van der Waals surface area contributed by atoms with E-state index in [0.717, 1.165) is 16.7 Å². The van der Waals surface area contributed by atoms with Crippen LogP contribution in [0.3, 0.4) is 0 Å². The fraction of sp³-hybridized carbons (Fsp3) is 0.333. The molecule has 1 aliphatic rings. The molecular formula is C21H21BrFNO2. The number of benzene rings is 2. The van der Waals surface area contributed by atoms with Crippen LogP contribution in [0.15, 0.2) is 40.9 Å². The highest BCUT2D eigenvalue weighted by molar-refractivity contribution is 9.10. The summed E-state index contributed by atoms with van der Waals surface area (Å²) in [6.45, 7) is 4.97. The first kappa shape index (κ1) is 18.8. The van der Waals surface area contributed by atoms with E-state index in [1.54, 1.807) is 11.0 Å². The molecule has 3 rings (SSSR count). The largest absolute Gasteiger partial charge is 0.339 e. The maximum absolute atomic E-state index is 13.5. The van der Waals surface area contributed by atoms with Gasteiger partial charge in [-0.1, -0.05) is 23.8 Å². The van der Waals surface area contributed by atoms with Gasteiger partial charge in [-0.25, -0.2) is 4.39 Å². The van der Waals surface area contributed by atoms with Crippen LogP contribution in [-0.2, 0) is 0 Å². The van der Waals surface area contributed by atoms with Crippen LogP contribution in [0.25, 0.3) is 0 Å². The van der Waals surface area contributed by atoms with Gasteiger partial charge in [0.25, 0.3) is 5.91 Å². The summed E-state index contributed by atoms with van der Waals surface area (Å²) in [5.41, 5.74) is 3.23. The second-order valence-corrected chi connectivity index (χ2v) is 7.73. The number of carbonyl (C=O) groups excluding carboxylic acids is 2. The first-order chi connectivity index (χ1) is 12.4. The Kier molecular flexibility index (Phi) is 5.56. The lowest BCUT2D eigenvalue weighted by atomic mass is 9.87. The molecule has 1 fully saturated rings. The van der Waals surface area contributed by atoms with Crippen molar-refractivity contribution in [1.29, 1.82) is 0 Å². The highest BCUT2D eigenvalue weighted by atomic mass is 79.9. The molecule has 0 saturated carbocycles. The molecule has 0 spiro atoms. The smallest absolute Gasteiger partial charge is 0.255 e. The summed E-state index contributed by atoms with van der Waals surface area (Å²) in [6, 6.07) is 9.98. The van der Waals surface area contributed by atoms with Crippen LogP contribution < -0.4 is 0 Å². The standard InChI is InChI=1S/C21H21BrFNO2/c1-13-3-5-17(14(2)11-13)20(25)15-7-9-24(10-8-15)21(26)18-12-16(23)4-6-19(18)22/h3-6,11-12,15H,7-10H2,1-2H3. The molecular weight excluding hydrogens is 397 g/mol. The van der Waals surface area contributed by atoms with Crippen molar-refractivity contribution in [3.8, 4) is 0 Å². The minimum atomic E-state index is -0.434. The molecule has 136 valence electrons. The van der Waals surface area contributed by atoms with Crippen molar-refractivity contribution in [2.24, 2.45) is 5.92 Å². The molecule has 1 aliphatic heterocycles. The van der Waals surface area contributed by atoms with Crippen LogP contribution in [0.4, 0.5) is 4.39 Å². The van der Waals surface area contributed by atoms with Crippen molar-refractivity contribution in [3.63, 3.8) is 0 Å². The average Bonchev–Trinajstić information content (AvgIpc) is 2.63. The molecule has 2 aromatic carbocycles. The van der Waals surface area contributed by atoms with Gasteiger partial charge in [0, 0.05) is 29.0 Å². The summed E-state index contributed by atoms with van der Waals surface area (Å²) in [5.74, 6) is -0.553. The van der Waals surface area contributed by atoms with E-state index in [0.29, 0.717) is 36.0 Å². The number of hydrogen-bond acceptors (Lipinski definition) is 2. The molecule has 0 N–H and O–H groups in total. The van der Waals surface area contributed by atoms with E-state index in [9.17, 15) is 14.0 Å². The van der Waals surface area contributed by atoms with E-state index in [-0.39, 0.29) is 17.6 Å². The second-order valence-electron chi connectivity index (χ2n) is 6.87. The maximum atomic E-state index is 13.5. The third-order valence-electron chi connectivity index (χ3n) is 4.96. The van der Waals surface area contributed by atoms with Gasteiger partial charge in [-0.05, 0) is 66.4 Å². The van der Waals surface area contributed by atoms with Crippen LogP contribution in [0.1, 0.15) is 44.7 Å². The van der Waals surface area contributed by atoms with Gasteiger partial charge in [-0.3, -0.25) is 9.59 Å². The molecule has 0 aromatic heterocycles. The Balaban J connectivity index is 1.68. The zero-order chi connectivity index (χ0) is 18.8. The van der Waals surface area contributed by atoms with E-state index < -0.39 is 5.82 Å². The fourth-order valence-corrected chi connectivity index (χ4v) is 3.90. The third-order valence-corrected chi connectivity index (χ3v) is 5.65. The average molecular weight is 418 g/mol. The molecule has 5 heteroatoms. The highest BCUT2D eigenvalue weighted by Crippen LogP contribution is 2.26. The number of rotatable bonds is 3. The molecule has 0 unspecified atom stereocenters. The minimum absolute atomic E-state index is 0.0728. The van der Waals surface area contributed by atoms with Gasteiger partial charge in [0.1, 0.15) is 5.82 Å². The molecule has 1 heterocycles. The van der Waals surface area contributed by atoms with Gasteiger partial charge in [0.05, 0.1) is 5.56 Å². The van der Waals surface area contributed by atoms with E-state index in [2.05, 4.69) is 15.9 Å². The van der Waals surface area contributed by atoms with E-state index >= 15 is 0 Å². The van der Waals surface area contributed by atoms with Crippen LogP contribution in [0.2, 0.25) is 0 Å². The summed E-state index contributed by atoms with van der Waals surface area (Å²) in [4.78, 5) is 27.2. The molecule has 0 atom stereocenters. The minimum Gasteiger partial charge on any atom is -0.339 e. The van der Waals surface area contributed by atoms with E-state index in [1.807, 2.05) is 32.0 Å². The second kappa shape index (κ2) is 7.70. The molecule has 26 heavy (non-hydrogen) atoms. The van der Waals surface area contributed by atoms with Crippen molar-refractivity contribution >= 4 is 27.6 Å². The van der Waals surface area contributed by atoms with Crippen molar-refractivity contribution in [2.75, 3.05) is 13.1 Å². The Morgan fingerprint density at radius 3 is 2.38 bits per heavy atom. The summed E-state index contributed by atoms with van der Waals surface area (Å²) >= 11 is 3.31. The topological polar surface area (TPSA) is 37.4 Å². The molecule has 0 radical (unpaired) electrons. The number of nitrogens with zero attached hydrogens (tertiary/aromatic N) is 1. The molecule has 1 amide bonds. The lowest BCUT2D eigenvalue weighted by molar-refractivity contribution is 0.0649. The molecule has 3 nitrogen and oxygen atoms in total. The molecule has 2 aromatic rings. The predicted molar refractivity (Wildman–Crippen MR) is 103 cm³/mol. The number of piperidine rings is 1.